The Morgan fingerprint density at radius 3 is 2.42 bits per heavy atom. The lowest BCUT2D eigenvalue weighted by Crippen LogP contribution is -2.22. The molecule has 1 unspecified atom stereocenters. The lowest BCUT2D eigenvalue weighted by atomic mass is 10.1. The Morgan fingerprint density at radius 1 is 1.26 bits per heavy atom. The Kier molecular flexibility index (Phi) is 6.16. The minimum Gasteiger partial charge on any atom is -0.494 e. The van der Waals surface area contributed by atoms with Crippen molar-refractivity contribution in [3.05, 3.63) is 54.4 Å². The molecule has 0 saturated heterocycles. The number of benzene rings is 1. The van der Waals surface area contributed by atoms with Crippen LogP contribution in [0.15, 0.2) is 48.9 Å². The third-order valence-electron chi connectivity index (χ3n) is 2.81. The Hall–Kier alpha value is -1.74. The number of nitrogens with one attached hydrogen (secondary N) is 2. The van der Waals surface area contributed by atoms with Gasteiger partial charge < -0.3 is 15.4 Å². The van der Waals surface area contributed by atoms with E-state index in [1.54, 1.807) is 0 Å². The summed E-state index contributed by atoms with van der Waals surface area (Å²) in [6.45, 7) is 12.3. The summed E-state index contributed by atoms with van der Waals surface area (Å²) in [5.41, 5.74) is 3.18. The molecule has 3 nitrogen and oxygen atoms in total. The summed E-state index contributed by atoms with van der Waals surface area (Å²) in [7, 11) is 1.95. The van der Waals surface area contributed by atoms with E-state index in [1.165, 1.54) is 0 Å². The molecule has 0 radical (unpaired) electrons. The highest BCUT2D eigenvalue weighted by Gasteiger charge is 2.02. The molecule has 0 aliphatic rings. The number of hydrogen-bond acceptors (Lipinski definition) is 3. The fourth-order valence-corrected chi connectivity index (χ4v) is 1.62. The fourth-order valence-electron chi connectivity index (χ4n) is 1.62. The van der Waals surface area contributed by atoms with Crippen LogP contribution in [0.25, 0.3) is 0 Å². The largest absolute Gasteiger partial charge is 0.494 e. The molecule has 0 aliphatic carbocycles. The van der Waals surface area contributed by atoms with Crippen molar-refractivity contribution >= 4 is 5.69 Å². The Balaban J connectivity index is 2.47. The van der Waals surface area contributed by atoms with Gasteiger partial charge in [-0.25, -0.2) is 0 Å². The molecule has 1 atom stereocenters. The van der Waals surface area contributed by atoms with Crippen molar-refractivity contribution in [3.8, 4) is 0 Å². The van der Waals surface area contributed by atoms with Crippen molar-refractivity contribution in [1.29, 1.82) is 0 Å². The number of hydrogen-bond donors (Lipinski definition) is 2. The molecule has 0 spiro atoms. The van der Waals surface area contributed by atoms with E-state index in [4.69, 9.17) is 4.74 Å². The molecule has 0 aliphatic heterocycles. The third-order valence-corrected chi connectivity index (χ3v) is 2.81. The molecular formula is C16H24N2O. The second-order valence-corrected chi connectivity index (χ2v) is 4.81. The SMILES string of the molecule is C=C(CC(C)NC)Nc1ccc(COC(=C)C)cc1. The predicted molar refractivity (Wildman–Crippen MR) is 81.9 cm³/mol. The first-order valence-corrected chi connectivity index (χ1v) is 6.50. The smallest absolute Gasteiger partial charge is 0.113 e. The van der Waals surface area contributed by atoms with E-state index in [-0.39, 0.29) is 0 Å². The molecule has 0 saturated carbocycles. The van der Waals surface area contributed by atoms with Crippen LogP contribution in [0.2, 0.25) is 0 Å². The highest BCUT2D eigenvalue weighted by atomic mass is 16.5. The van der Waals surface area contributed by atoms with Gasteiger partial charge in [0, 0.05) is 23.8 Å². The highest BCUT2D eigenvalue weighted by Crippen LogP contribution is 2.14. The quantitative estimate of drug-likeness (QED) is 0.700. The monoisotopic (exact) mass is 260 g/mol. The average Bonchev–Trinajstić information content (AvgIpc) is 2.37. The van der Waals surface area contributed by atoms with Crippen LogP contribution in [-0.4, -0.2) is 13.1 Å². The van der Waals surface area contributed by atoms with E-state index in [0.29, 0.717) is 12.6 Å². The summed E-state index contributed by atoms with van der Waals surface area (Å²) >= 11 is 0. The standard InChI is InChI=1S/C16H24N2O/c1-12(2)19-11-15-6-8-16(9-7-15)18-14(4)10-13(3)17-5/h6-9,13,17-18H,1,4,10-11H2,2-3,5H3. The van der Waals surface area contributed by atoms with Crippen molar-refractivity contribution in [1.82, 2.24) is 5.32 Å². The van der Waals surface area contributed by atoms with E-state index < -0.39 is 0 Å². The average molecular weight is 260 g/mol. The third kappa shape index (κ3) is 6.11. The first-order valence-electron chi connectivity index (χ1n) is 6.50. The molecular weight excluding hydrogens is 236 g/mol. The normalized spacial score (nSPS) is 11.7. The lowest BCUT2D eigenvalue weighted by Gasteiger charge is -2.14. The summed E-state index contributed by atoms with van der Waals surface area (Å²) < 4.78 is 5.38. The molecule has 1 aromatic rings. The first kappa shape index (κ1) is 15.3. The molecule has 2 N–H and O–H groups in total. The van der Waals surface area contributed by atoms with Gasteiger partial charge in [-0.3, -0.25) is 0 Å². The van der Waals surface area contributed by atoms with Gasteiger partial charge >= 0.3 is 0 Å². The molecule has 1 aromatic carbocycles. The summed E-state index contributed by atoms with van der Waals surface area (Å²) in [5.74, 6) is 0.733. The maximum Gasteiger partial charge on any atom is 0.113 e. The molecule has 1 rings (SSSR count). The van der Waals surface area contributed by atoms with E-state index in [9.17, 15) is 0 Å². The van der Waals surface area contributed by atoms with Gasteiger partial charge in [-0.2, -0.15) is 0 Å². The Morgan fingerprint density at radius 2 is 1.89 bits per heavy atom. The van der Waals surface area contributed by atoms with Gasteiger partial charge in [0.1, 0.15) is 6.61 Å². The Labute approximate surface area is 116 Å². The molecule has 0 amide bonds. The van der Waals surface area contributed by atoms with Crippen molar-refractivity contribution in [2.45, 2.75) is 32.9 Å². The minimum absolute atomic E-state index is 0.420. The molecule has 104 valence electrons. The van der Waals surface area contributed by atoms with Crippen LogP contribution in [0.3, 0.4) is 0 Å². The second kappa shape index (κ2) is 7.64. The molecule has 0 aromatic heterocycles. The number of rotatable bonds is 8. The first-order chi connectivity index (χ1) is 9.01. The zero-order chi connectivity index (χ0) is 14.3. The van der Waals surface area contributed by atoms with Gasteiger partial charge in [-0.05, 0) is 38.6 Å². The van der Waals surface area contributed by atoms with E-state index in [0.717, 1.165) is 29.1 Å². The summed E-state index contributed by atoms with van der Waals surface area (Å²) in [6.07, 6.45) is 0.900. The van der Waals surface area contributed by atoms with E-state index in [2.05, 4.69) is 30.7 Å². The van der Waals surface area contributed by atoms with Crippen LogP contribution in [0, 0.1) is 0 Å². The molecule has 3 heteroatoms. The minimum atomic E-state index is 0.420. The van der Waals surface area contributed by atoms with Crippen LogP contribution in [0.5, 0.6) is 0 Å². The molecule has 19 heavy (non-hydrogen) atoms. The van der Waals surface area contributed by atoms with Crippen LogP contribution in [0.1, 0.15) is 25.8 Å². The van der Waals surface area contributed by atoms with Crippen molar-refractivity contribution in [2.75, 3.05) is 12.4 Å². The fraction of sp³-hybridized carbons (Fsp3) is 0.375. The molecule has 0 fully saturated rings. The molecule has 0 bridgehead atoms. The molecule has 0 heterocycles. The summed E-state index contributed by atoms with van der Waals surface area (Å²) in [5, 5.41) is 6.50. The predicted octanol–water partition coefficient (Wildman–Crippen LogP) is 3.66. The van der Waals surface area contributed by atoms with Crippen LogP contribution >= 0.6 is 0 Å². The van der Waals surface area contributed by atoms with Gasteiger partial charge in [-0.1, -0.05) is 25.3 Å². The maximum absolute atomic E-state index is 5.38. The van der Waals surface area contributed by atoms with Crippen LogP contribution < -0.4 is 10.6 Å². The van der Waals surface area contributed by atoms with Gasteiger partial charge in [-0.15, -0.1) is 0 Å². The van der Waals surface area contributed by atoms with Crippen molar-refractivity contribution in [2.24, 2.45) is 0 Å². The summed E-state index contributed by atoms with van der Waals surface area (Å²) in [4.78, 5) is 0. The topological polar surface area (TPSA) is 33.3 Å². The zero-order valence-corrected chi connectivity index (χ0v) is 12.1. The highest BCUT2D eigenvalue weighted by molar-refractivity contribution is 5.48. The second-order valence-electron chi connectivity index (χ2n) is 4.81. The number of allylic oxidation sites excluding steroid dienone is 1. The van der Waals surface area contributed by atoms with Crippen LogP contribution in [-0.2, 0) is 11.3 Å². The maximum atomic E-state index is 5.38. The van der Waals surface area contributed by atoms with Crippen molar-refractivity contribution < 1.29 is 4.74 Å². The van der Waals surface area contributed by atoms with Gasteiger partial charge in [0.25, 0.3) is 0 Å². The van der Waals surface area contributed by atoms with Crippen LogP contribution in [0.4, 0.5) is 5.69 Å². The van der Waals surface area contributed by atoms with Gasteiger partial charge in [0.05, 0.1) is 5.76 Å². The lowest BCUT2D eigenvalue weighted by molar-refractivity contribution is 0.202. The number of ether oxygens (including phenoxy) is 1. The van der Waals surface area contributed by atoms with Gasteiger partial charge in [0.2, 0.25) is 0 Å². The van der Waals surface area contributed by atoms with E-state index >= 15 is 0 Å². The Bertz CT molecular complexity index is 423. The van der Waals surface area contributed by atoms with E-state index in [1.807, 2.05) is 38.2 Å². The van der Waals surface area contributed by atoms with Gasteiger partial charge in [0.15, 0.2) is 0 Å². The summed E-state index contributed by atoms with van der Waals surface area (Å²) in [6, 6.07) is 8.57. The zero-order valence-electron chi connectivity index (χ0n) is 12.1. The van der Waals surface area contributed by atoms with Crippen molar-refractivity contribution in [3.63, 3.8) is 0 Å². The number of anilines is 1.